The lowest BCUT2D eigenvalue weighted by Gasteiger charge is -2.26. The Morgan fingerprint density at radius 1 is 1.23 bits per heavy atom. The molecule has 0 atom stereocenters. The molecule has 1 aromatic heterocycles. The molecule has 1 aromatic carbocycles. The van der Waals surface area contributed by atoms with Crippen LogP contribution in [0, 0.1) is 24.1 Å². The van der Waals surface area contributed by atoms with E-state index >= 15 is 0 Å². The van der Waals surface area contributed by atoms with E-state index in [9.17, 15) is 27.6 Å². The Kier molecular flexibility index (Phi) is 7.10. The van der Waals surface area contributed by atoms with Crippen LogP contribution in [0.3, 0.4) is 0 Å². The molecule has 1 heterocycles. The minimum Gasteiger partial charge on any atom is -0.456 e. The zero-order valence-corrected chi connectivity index (χ0v) is 18.1. The van der Waals surface area contributed by atoms with E-state index in [1.807, 2.05) is 13.0 Å². The van der Waals surface area contributed by atoms with Crippen LogP contribution >= 0.6 is 0 Å². The van der Waals surface area contributed by atoms with Gasteiger partial charge >= 0.3 is 12.1 Å². The Balaban J connectivity index is 2.99. The van der Waals surface area contributed by atoms with Gasteiger partial charge in [-0.2, -0.15) is 18.4 Å². The SMILES string of the molecule is CCCc1nc(C)c(C#N)c(-c2ccc(F)cc2C(F)(F)F)c1C(=O)OC(C)(C)CC. The molecule has 0 radical (unpaired) electrons. The van der Waals surface area contributed by atoms with Crippen molar-refractivity contribution in [1.29, 1.82) is 5.26 Å². The number of benzene rings is 1. The maximum atomic E-state index is 13.8. The van der Waals surface area contributed by atoms with Crippen molar-refractivity contribution in [3.63, 3.8) is 0 Å². The first-order chi connectivity index (χ1) is 14.4. The molecular weight excluding hydrogens is 412 g/mol. The van der Waals surface area contributed by atoms with Gasteiger partial charge in [0.2, 0.25) is 0 Å². The Morgan fingerprint density at radius 2 is 1.87 bits per heavy atom. The molecule has 4 nitrogen and oxygen atoms in total. The highest BCUT2D eigenvalue weighted by Gasteiger charge is 2.37. The van der Waals surface area contributed by atoms with E-state index in [1.54, 1.807) is 20.8 Å². The van der Waals surface area contributed by atoms with Crippen LogP contribution in [-0.2, 0) is 17.3 Å². The quantitative estimate of drug-likeness (QED) is 0.389. The van der Waals surface area contributed by atoms with Gasteiger partial charge in [-0.25, -0.2) is 9.18 Å². The highest BCUT2D eigenvalue weighted by Crippen LogP contribution is 2.41. The first-order valence-corrected chi connectivity index (χ1v) is 9.90. The van der Waals surface area contributed by atoms with Crippen molar-refractivity contribution >= 4 is 5.97 Å². The first-order valence-electron chi connectivity index (χ1n) is 9.90. The number of carbonyl (C=O) groups is 1. The van der Waals surface area contributed by atoms with Crippen LogP contribution in [0.2, 0.25) is 0 Å². The van der Waals surface area contributed by atoms with E-state index in [0.29, 0.717) is 25.3 Å². The topological polar surface area (TPSA) is 63.0 Å². The Morgan fingerprint density at radius 3 is 2.39 bits per heavy atom. The summed E-state index contributed by atoms with van der Waals surface area (Å²) >= 11 is 0. The maximum Gasteiger partial charge on any atom is 0.417 e. The van der Waals surface area contributed by atoms with Crippen LogP contribution in [0.25, 0.3) is 11.1 Å². The maximum absolute atomic E-state index is 13.8. The number of carbonyl (C=O) groups excluding carboxylic acids is 1. The Labute approximate surface area is 178 Å². The van der Waals surface area contributed by atoms with Gasteiger partial charge in [0.25, 0.3) is 0 Å². The van der Waals surface area contributed by atoms with Crippen molar-refractivity contribution in [2.45, 2.75) is 65.7 Å². The van der Waals surface area contributed by atoms with Crippen molar-refractivity contribution in [3.8, 4) is 17.2 Å². The van der Waals surface area contributed by atoms with Crippen LogP contribution < -0.4 is 0 Å². The number of nitriles is 1. The third-order valence-electron chi connectivity index (χ3n) is 5.03. The molecular formula is C23H24F4N2O2. The molecule has 0 N–H and O–H groups in total. The minimum absolute atomic E-state index is 0.182. The third kappa shape index (κ3) is 5.22. The summed E-state index contributed by atoms with van der Waals surface area (Å²) in [5, 5.41) is 9.72. The number of nitrogens with zero attached hydrogens (tertiary/aromatic N) is 2. The Hall–Kier alpha value is -2.95. The van der Waals surface area contributed by atoms with Crippen molar-refractivity contribution in [2.75, 3.05) is 0 Å². The number of esters is 1. The molecule has 0 spiro atoms. The zero-order valence-electron chi connectivity index (χ0n) is 18.1. The van der Waals surface area contributed by atoms with Gasteiger partial charge in [-0.1, -0.05) is 26.3 Å². The van der Waals surface area contributed by atoms with Gasteiger partial charge in [0.05, 0.1) is 28.1 Å². The van der Waals surface area contributed by atoms with E-state index in [0.717, 1.165) is 12.1 Å². The summed E-state index contributed by atoms with van der Waals surface area (Å²) in [6.45, 7) is 8.48. The summed E-state index contributed by atoms with van der Waals surface area (Å²) in [5.74, 6) is -1.95. The van der Waals surface area contributed by atoms with Crippen LogP contribution in [0.1, 0.15) is 73.4 Å². The predicted octanol–water partition coefficient (Wildman–Crippen LogP) is 6.38. The molecule has 0 aliphatic heterocycles. The smallest absolute Gasteiger partial charge is 0.417 e. The normalized spacial score (nSPS) is 11.9. The number of halogens is 4. The van der Waals surface area contributed by atoms with E-state index < -0.39 is 34.7 Å². The number of ether oxygens (including phenoxy) is 1. The second-order valence-electron chi connectivity index (χ2n) is 7.82. The molecule has 0 aliphatic rings. The number of alkyl halides is 3. The average molecular weight is 436 g/mol. The summed E-state index contributed by atoms with van der Waals surface area (Å²) in [5.41, 5.74) is -2.81. The van der Waals surface area contributed by atoms with Gasteiger partial charge in [-0.15, -0.1) is 0 Å². The molecule has 0 aliphatic carbocycles. The molecule has 166 valence electrons. The van der Waals surface area contributed by atoms with Crippen LogP contribution in [-0.4, -0.2) is 16.6 Å². The fourth-order valence-corrected chi connectivity index (χ4v) is 3.15. The molecule has 2 aromatic rings. The van der Waals surface area contributed by atoms with Crippen molar-refractivity contribution < 1.29 is 27.1 Å². The van der Waals surface area contributed by atoms with E-state index in [4.69, 9.17) is 4.74 Å². The fourth-order valence-electron chi connectivity index (χ4n) is 3.15. The molecule has 0 bridgehead atoms. The molecule has 0 fully saturated rings. The number of hydrogen-bond donors (Lipinski definition) is 0. The zero-order chi connectivity index (χ0) is 23.6. The number of pyridine rings is 1. The monoisotopic (exact) mass is 436 g/mol. The molecule has 0 amide bonds. The largest absolute Gasteiger partial charge is 0.456 e. The van der Waals surface area contributed by atoms with Crippen LogP contribution in [0.5, 0.6) is 0 Å². The third-order valence-corrected chi connectivity index (χ3v) is 5.03. The second kappa shape index (κ2) is 9.04. The van der Waals surface area contributed by atoms with Crippen LogP contribution in [0.15, 0.2) is 18.2 Å². The number of rotatable bonds is 6. The highest BCUT2D eigenvalue weighted by molar-refractivity contribution is 6.01. The molecule has 0 unspecified atom stereocenters. The minimum atomic E-state index is -4.91. The lowest BCUT2D eigenvalue weighted by Crippen LogP contribution is -2.28. The summed E-state index contributed by atoms with van der Waals surface area (Å²) in [6, 6.07) is 4.03. The van der Waals surface area contributed by atoms with Crippen molar-refractivity contribution in [1.82, 2.24) is 4.98 Å². The summed E-state index contributed by atoms with van der Waals surface area (Å²) in [6.07, 6.45) is -3.59. The van der Waals surface area contributed by atoms with Crippen molar-refractivity contribution in [2.24, 2.45) is 0 Å². The summed E-state index contributed by atoms with van der Waals surface area (Å²) in [7, 11) is 0. The average Bonchev–Trinajstić information content (AvgIpc) is 2.66. The number of aryl methyl sites for hydroxylation is 2. The fraction of sp³-hybridized carbons (Fsp3) is 0.435. The van der Waals surface area contributed by atoms with E-state index in [1.165, 1.54) is 6.92 Å². The predicted molar refractivity (Wildman–Crippen MR) is 108 cm³/mol. The van der Waals surface area contributed by atoms with E-state index in [-0.39, 0.29) is 28.1 Å². The van der Waals surface area contributed by atoms with Gasteiger partial charge in [0.15, 0.2) is 0 Å². The van der Waals surface area contributed by atoms with Gasteiger partial charge in [0, 0.05) is 5.56 Å². The molecule has 8 heteroatoms. The first kappa shape index (κ1) is 24.3. The standard InChI is InChI=1S/C23H24F4N2O2/c1-6-8-18-20(21(30)31-22(4,5)7-2)19(16(12-28)13(3)29-18)15-10-9-14(24)11-17(15)23(25,26)27/h9-11H,6-8H2,1-5H3. The van der Waals surface area contributed by atoms with Gasteiger partial charge in [-0.05, 0) is 51.3 Å². The molecule has 0 saturated carbocycles. The number of aromatic nitrogens is 1. The lowest BCUT2D eigenvalue weighted by molar-refractivity contribution is -0.137. The molecule has 31 heavy (non-hydrogen) atoms. The highest BCUT2D eigenvalue weighted by atomic mass is 19.4. The van der Waals surface area contributed by atoms with Gasteiger partial charge in [-0.3, -0.25) is 4.98 Å². The summed E-state index contributed by atoms with van der Waals surface area (Å²) in [4.78, 5) is 17.5. The molecule has 0 saturated heterocycles. The van der Waals surface area contributed by atoms with Gasteiger partial charge < -0.3 is 4.74 Å². The van der Waals surface area contributed by atoms with Crippen LogP contribution in [0.4, 0.5) is 17.6 Å². The Bertz CT molecular complexity index is 1040. The molecule has 2 rings (SSSR count). The lowest BCUT2D eigenvalue weighted by atomic mass is 9.88. The van der Waals surface area contributed by atoms with Crippen molar-refractivity contribution in [3.05, 3.63) is 52.1 Å². The number of hydrogen-bond acceptors (Lipinski definition) is 4. The van der Waals surface area contributed by atoms with Gasteiger partial charge in [0.1, 0.15) is 17.5 Å². The second-order valence-corrected chi connectivity index (χ2v) is 7.82. The van der Waals surface area contributed by atoms with E-state index in [2.05, 4.69) is 4.98 Å². The summed E-state index contributed by atoms with van der Waals surface area (Å²) < 4.78 is 60.6.